The monoisotopic (exact) mass is 305 g/mol. The Kier molecular flexibility index (Phi) is 5.55. The second kappa shape index (κ2) is 6.39. The molecule has 0 bridgehead atoms. The van der Waals surface area contributed by atoms with Crippen molar-refractivity contribution in [2.24, 2.45) is 5.73 Å². The second-order valence-corrected chi connectivity index (χ2v) is 7.32. The summed E-state index contributed by atoms with van der Waals surface area (Å²) in [5.41, 5.74) is 3.13. The second-order valence-electron chi connectivity index (χ2n) is 6.18. The topological polar surface area (TPSA) is 26.0 Å². The number of rotatable bonds is 4. The summed E-state index contributed by atoms with van der Waals surface area (Å²) >= 11 is -0.0518. The summed E-state index contributed by atoms with van der Waals surface area (Å²) < 4.78 is 37.7. The number of hydrogen-bond donors (Lipinski definition) is 1. The molecule has 1 rings (SSSR count). The quantitative estimate of drug-likeness (QED) is 0.803. The maximum Gasteiger partial charge on any atom is 0.446 e. The van der Waals surface area contributed by atoms with Gasteiger partial charge in [-0.25, -0.2) is 0 Å². The summed E-state index contributed by atoms with van der Waals surface area (Å²) in [5, 5.41) is 0. The summed E-state index contributed by atoms with van der Waals surface area (Å²) in [6.07, 6.45) is 1.47. The molecule has 0 radical (unpaired) electrons. The van der Waals surface area contributed by atoms with Crippen LogP contribution in [0.15, 0.2) is 23.1 Å². The molecule has 0 aliphatic carbocycles. The first-order valence-electron chi connectivity index (χ1n) is 6.63. The van der Waals surface area contributed by atoms with Crippen LogP contribution in [0.1, 0.15) is 45.2 Å². The van der Waals surface area contributed by atoms with E-state index in [1.54, 1.807) is 12.1 Å². The average Bonchev–Trinajstić information content (AvgIpc) is 2.22. The van der Waals surface area contributed by atoms with Crippen LogP contribution in [0.3, 0.4) is 0 Å². The Bertz CT molecular complexity index is 447. The van der Waals surface area contributed by atoms with Crippen molar-refractivity contribution >= 4 is 11.8 Å². The third-order valence-corrected chi connectivity index (χ3v) is 3.66. The van der Waals surface area contributed by atoms with Gasteiger partial charge in [-0.05, 0) is 60.2 Å². The normalized spacial score (nSPS) is 14.4. The zero-order valence-electron chi connectivity index (χ0n) is 12.3. The van der Waals surface area contributed by atoms with Crippen molar-refractivity contribution in [3.63, 3.8) is 0 Å². The Morgan fingerprint density at radius 1 is 1.15 bits per heavy atom. The molecule has 0 aliphatic rings. The van der Waals surface area contributed by atoms with Crippen molar-refractivity contribution in [2.75, 3.05) is 0 Å². The molecule has 20 heavy (non-hydrogen) atoms. The molecule has 0 fully saturated rings. The molecule has 0 heterocycles. The van der Waals surface area contributed by atoms with Crippen molar-refractivity contribution in [3.8, 4) is 0 Å². The van der Waals surface area contributed by atoms with Crippen LogP contribution in [-0.4, -0.2) is 11.6 Å². The number of halogens is 3. The lowest BCUT2D eigenvalue weighted by Crippen LogP contribution is -2.16. The number of benzene rings is 1. The van der Waals surface area contributed by atoms with E-state index in [1.165, 1.54) is 0 Å². The molecule has 5 heteroatoms. The third kappa shape index (κ3) is 6.18. The van der Waals surface area contributed by atoms with Gasteiger partial charge in [0.05, 0.1) is 0 Å². The Morgan fingerprint density at radius 2 is 1.75 bits per heavy atom. The SMILES string of the molecule is C[C@@H](N)CCc1cc(SC(F)(F)F)cc(C(C)(C)C)c1. The van der Waals surface area contributed by atoms with E-state index in [9.17, 15) is 13.2 Å². The van der Waals surface area contributed by atoms with E-state index in [1.807, 2.05) is 33.8 Å². The molecule has 0 aliphatic heterocycles. The molecule has 0 saturated heterocycles. The van der Waals surface area contributed by atoms with Crippen LogP contribution in [0.5, 0.6) is 0 Å². The van der Waals surface area contributed by atoms with Crippen LogP contribution >= 0.6 is 11.8 Å². The van der Waals surface area contributed by atoms with E-state index < -0.39 is 5.51 Å². The maximum atomic E-state index is 12.6. The molecular weight excluding hydrogens is 283 g/mol. The predicted molar refractivity (Wildman–Crippen MR) is 79.0 cm³/mol. The summed E-state index contributed by atoms with van der Waals surface area (Å²) in [6.45, 7) is 7.90. The number of nitrogens with two attached hydrogens (primary N) is 1. The lowest BCUT2D eigenvalue weighted by Gasteiger charge is -2.21. The number of alkyl halides is 3. The van der Waals surface area contributed by atoms with Gasteiger partial charge in [0.25, 0.3) is 0 Å². The van der Waals surface area contributed by atoms with Crippen molar-refractivity contribution < 1.29 is 13.2 Å². The van der Waals surface area contributed by atoms with Gasteiger partial charge in [-0.1, -0.05) is 26.8 Å². The summed E-state index contributed by atoms with van der Waals surface area (Å²) in [4.78, 5) is 0.254. The molecule has 0 unspecified atom stereocenters. The molecular formula is C15H22F3NS. The molecule has 0 spiro atoms. The zero-order chi connectivity index (χ0) is 15.6. The van der Waals surface area contributed by atoms with E-state index in [0.29, 0.717) is 6.42 Å². The Hall–Kier alpha value is -0.680. The van der Waals surface area contributed by atoms with E-state index in [2.05, 4.69) is 0 Å². The first-order valence-corrected chi connectivity index (χ1v) is 7.45. The fraction of sp³-hybridized carbons (Fsp3) is 0.600. The molecule has 0 saturated carbocycles. The van der Waals surface area contributed by atoms with Crippen molar-refractivity contribution in [3.05, 3.63) is 29.3 Å². The highest BCUT2D eigenvalue weighted by molar-refractivity contribution is 8.00. The summed E-state index contributed by atoms with van der Waals surface area (Å²) in [7, 11) is 0. The minimum Gasteiger partial charge on any atom is -0.328 e. The third-order valence-electron chi connectivity index (χ3n) is 2.95. The standard InChI is InChI=1S/C15H22F3NS/c1-10(19)5-6-11-7-12(14(2,3)4)9-13(8-11)20-15(16,17)18/h7-10H,5-6,19H2,1-4H3/t10-/m1/s1. The van der Waals surface area contributed by atoms with Crippen LogP contribution in [0, 0.1) is 0 Å². The van der Waals surface area contributed by atoms with Gasteiger partial charge in [-0.2, -0.15) is 13.2 Å². The smallest absolute Gasteiger partial charge is 0.328 e. The van der Waals surface area contributed by atoms with Crippen LogP contribution in [0.2, 0.25) is 0 Å². The van der Waals surface area contributed by atoms with Crippen LogP contribution < -0.4 is 5.73 Å². The zero-order valence-corrected chi connectivity index (χ0v) is 13.2. The molecule has 0 aromatic heterocycles. The highest BCUT2D eigenvalue weighted by Gasteiger charge is 2.30. The van der Waals surface area contributed by atoms with Crippen molar-refractivity contribution in [2.45, 2.75) is 62.4 Å². The van der Waals surface area contributed by atoms with Gasteiger partial charge in [0.15, 0.2) is 0 Å². The van der Waals surface area contributed by atoms with Gasteiger partial charge in [0.1, 0.15) is 0 Å². The Labute approximate surface area is 123 Å². The lowest BCUT2D eigenvalue weighted by atomic mass is 9.85. The lowest BCUT2D eigenvalue weighted by molar-refractivity contribution is -0.0328. The van der Waals surface area contributed by atoms with Crippen molar-refractivity contribution in [1.29, 1.82) is 0 Å². The van der Waals surface area contributed by atoms with Gasteiger partial charge in [-0.15, -0.1) is 0 Å². The fourth-order valence-electron chi connectivity index (χ4n) is 1.82. The van der Waals surface area contributed by atoms with Crippen LogP contribution in [0.4, 0.5) is 13.2 Å². The van der Waals surface area contributed by atoms with E-state index >= 15 is 0 Å². The maximum absolute atomic E-state index is 12.6. The molecule has 1 aromatic carbocycles. The fourth-order valence-corrected chi connectivity index (χ4v) is 2.49. The first-order chi connectivity index (χ1) is 8.97. The number of hydrogen-bond acceptors (Lipinski definition) is 2. The Morgan fingerprint density at radius 3 is 2.20 bits per heavy atom. The Balaban J connectivity index is 3.08. The summed E-state index contributed by atoms with van der Waals surface area (Å²) in [6, 6.07) is 5.29. The summed E-state index contributed by atoms with van der Waals surface area (Å²) in [5.74, 6) is 0. The first kappa shape index (κ1) is 17.4. The van der Waals surface area contributed by atoms with Gasteiger partial charge in [0, 0.05) is 10.9 Å². The molecule has 114 valence electrons. The average molecular weight is 305 g/mol. The molecule has 0 amide bonds. The van der Waals surface area contributed by atoms with Gasteiger partial charge in [0.2, 0.25) is 0 Å². The molecule has 1 nitrogen and oxygen atoms in total. The van der Waals surface area contributed by atoms with E-state index in [0.717, 1.165) is 17.5 Å². The molecule has 2 N–H and O–H groups in total. The van der Waals surface area contributed by atoms with Crippen molar-refractivity contribution in [1.82, 2.24) is 0 Å². The largest absolute Gasteiger partial charge is 0.446 e. The molecule has 1 atom stereocenters. The number of thioether (sulfide) groups is 1. The molecule has 1 aromatic rings. The number of aryl methyl sites for hydroxylation is 1. The van der Waals surface area contributed by atoms with Gasteiger partial charge >= 0.3 is 5.51 Å². The van der Waals surface area contributed by atoms with Crippen LogP contribution in [0.25, 0.3) is 0 Å². The van der Waals surface area contributed by atoms with E-state index in [4.69, 9.17) is 5.73 Å². The highest BCUT2D eigenvalue weighted by atomic mass is 32.2. The minimum absolute atomic E-state index is 0.0482. The van der Waals surface area contributed by atoms with Crippen LogP contribution in [-0.2, 0) is 11.8 Å². The van der Waals surface area contributed by atoms with Gasteiger partial charge in [-0.3, -0.25) is 0 Å². The van der Waals surface area contributed by atoms with Gasteiger partial charge < -0.3 is 5.73 Å². The minimum atomic E-state index is -4.26. The predicted octanol–water partition coefficient (Wildman–Crippen LogP) is 4.88. The van der Waals surface area contributed by atoms with E-state index in [-0.39, 0.29) is 28.1 Å². The highest BCUT2D eigenvalue weighted by Crippen LogP contribution is 2.39.